The number of methoxy groups -OCH3 is 4. The van der Waals surface area contributed by atoms with Crippen molar-refractivity contribution in [1.29, 1.82) is 0 Å². The van der Waals surface area contributed by atoms with Crippen molar-refractivity contribution in [1.82, 2.24) is 0 Å². The van der Waals surface area contributed by atoms with Crippen molar-refractivity contribution in [2.45, 2.75) is 358 Å². The van der Waals surface area contributed by atoms with Crippen LogP contribution in [0.3, 0.4) is 0 Å². The molecule has 8 nitrogen and oxygen atoms in total. The molecule has 0 radical (unpaired) electrons. The van der Waals surface area contributed by atoms with Gasteiger partial charge >= 0.3 is 23.9 Å². The van der Waals surface area contributed by atoms with Crippen molar-refractivity contribution in [3.63, 3.8) is 0 Å². The fourth-order valence-corrected chi connectivity index (χ4v) is 20.2. The lowest BCUT2D eigenvalue weighted by atomic mass is 9.82. The summed E-state index contributed by atoms with van der Waals surface area (Å²) in [5, 5.41) is 0. The molecule has 6 saturated carbocycles. The molecule has 6 aliphatic rings. The highest BCUT2D eigenvalue weighted by atomic mass is 16.5. The Kier molecular flexibility index (Phi) is 39.8. The van der Waals surface area contributed by atoms with Crippen molar-refractivity contribution >= 4 is 23.9 Å². The standard InChI is InChI=1S/C43H78O4.C41H74O4/c1-8-35(16-11-15-33(4)38-22-20-36(27-38)17-10-13-32(3)26-42(44)46-6)19-18-31(2)12-9-14-34(5)39-24-25-41(30-39)40-23-21-37(28-40)29-43(45)47-7;1-30(14-11-17-33(4)36-21-19-34(26-36)18-12-15-31(2)25-40(42)44-5)13-9-7-8-10-16-32(3)37-23-24-39(29-37)38-22-20-35(27-38)28-41(43)45-6/h31-41H,8-30H2,1-7H3;30-39H,7-29H2,1-6H3/t31?,32-,33?,34+,35+,36?,37+,38+,39?,40?,41?;30-,31?,32-,33-,34+,35?,36?,37?,38+,39?/m11/s1. The van der Waals surface area contributed by atoms with Crippen molar-refractivity contribution in [2.24, 2.45) is 124 Å². The average molecular weight is 1290 g/mol. The Balaban J connectivity index is 0.000000334. The SMILES string of the molecule is CC[C@@H](CCCC(C)[C@H]1CCC(CCC[C@@H](C)CC(=O)OC)C1)CCC(C)CCC[C@H](C)C1CCC(C2CC[C@H](CC(=O)OC)C2)C1.COC(=O)CC(C)CCC[C@H]1CCC([C@H](C)CCC[C@H](C)CCCCCC[C@@H](C)C2CCC([C@H]3CCC(CC(=O)OC)C3)C2)C1. The molecule has 0 aromatic rings. The molecule has 0 aromatic heterocycles. The molecule has 6 aliphatic carbocycles. The van der Waals surface area contributed by atoms with E-state index in [-0.39, 0.29) is 23.9 Å². The Morgan fingerprint density at radius 1 is 0.304 bits per heavy atom. The largest absolute Gasteiger partial charge is 0.469 e. The highest BCUT2D eigenvalue weighted by Crippen LogP contribution is 2.50. The maximum Gasteiger partial charge on any atom is 0.305 e. The third-order valence-electron chi connectivity index (χ3n) is 27.1. The van der Waals surface area contributed by atoms with E-state index in [9.17, 15) is 19.2 Å². The summed E-state index contributed by atoms with van der Waals surface area (Å²) in [6.07, 6.45) is 60.5. The lowest BCUT2D eigenvalue weighted by Gasteiger charge is -2.23. The molecule has 92 heavy (non-hydrogen) atoms. The number of hydrogen-bond acceptors (Lipinski definition) is 8. The zero-order chi connectivity index (χ0) is 66.8. The van der Waals surface area contributed by atoms with Gasteiger partial charge in [0.25, 0.3) is 0 Å². The van der Waals surface area contributed by atoms with Gasteiger partial charge in [-0.25, -0.2) is 0 Å². The molecule has 0 heterocycles. The van der Waals surface area contributed by atoms with Gasteiger partial charge in [-0.3, -0.25) is 19.2 Å². The minimum absolute atomic E-state index is 0.0142. The first kappa shape index (κ1) is 80.6. The van der Waals surface area contributed by atoms with Gasteiger partial charge < -0.3 is 18.9 Å². The van der Waals surface area contributed by atoms with Gasteiger partial charge in [-0.1, -0.05) is 229 Å². The Bertz CT molecular complexity index is 1970. The number of rotatable bonds is 45. The third kappa shape index (κ3) is 31.2. The van der Waals surface area contributed by atoms with E-state index in [2.05, 4.69) is 62.3 Å². The molecule has 0 spiro atoms. The zero-order valence-electron chi connectivity index (χ0n) is 62.9. The number of carbonyl (C=O) groups is 4. The van der Waals surface area contributed by atoms with E-state index >= 15 is 0 Å². The second-order valence-corrected chi connectivity index (χ2v) is 34.4. The van der Waals surface area contributed by atoms with Crippen LogP contribution in [-0.2, 0) is 38.1 Å². The minimum atomic E-state index is -0.0607. The maximum absolute atomic E-state index is 11.7. The number of hydrogen-bond donors (Lipinski definition) is 0. The van der Waals surface area contributed by atoms with Crippen LogP contribution >= 0.6 is 0 Å². The fraction of sp³-hybridized carbons (Fsp3) is 0.952. The highest BCUT2D eigenvalue weighted by Gasteiger charge is 2.40. The van der Waals surface area contributed by atoms with E-state index in [0.29, 0.717) is 49.4 Å². The molecule has 536 valence electrons. The first-order chi connectivity index (χ1) is 44.3. The summed E-state index contributed by atoms with van der Waals surface area (Å²) in [6, 6.07) is 0. The van der Waals surface area contributed by atoms with Crippen LogP contribution in [0.25, 0.3) is 0 Å². The molecular weight excluding hydrogens is 1140 g/mol. The van der Waals surface area contributed by atoms with E-state index in [4.69, 9.17) is 18.9 Å². The predicted molar refractivity (Wildman–Crippen MR) is 385 cm³/mol. The normalized spacial score (nSPS) is 29.4. The smallest absolute Gasteiger partial charge is 0.305 e. The molecule has 21 atom stereocenters. The summed E-state index contributed by atoms with van der Waals surface area (Å²) in [5.41, 5.74) is 0. The van der Waals surface area contributed by atoms with Gasteiger partial charge in [0, 0.05) is 25.7 Å². The molecule has 0 aromatic carbocycles. The zero-order valence-corrected chi connectivity index (χ0v) is 62.9. The second kappa shape index (κ2) is 45.5. The maximum atomic E-state index is 11.7. The third-order valence-corrected chi connectivity index (χ3v) is 27.1. The first-order valence-corrected chi connectivity index (χ1v) is 40.6. The fourth-order valence-electron chi connectivity index (χ4n) is 20.2. The van der Waals surface area contributed by atoms with E-state index < -0.39 is 0 Å². The summed E-state index contributed by atoms with van der Waals surface area (Å²) < 4.78 is 19.5. The van der Waals surface area contributed by atoms with Crippen LogP contribution in [0.1, 0.15) is 358 Å². The van der Waals surface area contributed by atoms with Crippen molar-refractivity contribution < 1.29 is 38.1 Å². The summed E-state index contributed by atoms with van der Waals surface area (Å²) in [4.78, 5) is 46.4. The Morgan fingerprint density at radius 3 is 1.05 bits per heavy atom. The Labute approximate surface area is 569 Å². The molecule has 11 unspecified atom stereocenters. The molecule has 6 rings (SSSR count). The van der Waals surface area contributed by atoms with E-state index in [0.717, 1.165) is 113 Å². The van der Waals surface area contributed by atoms with Crippen LogP contribution in [-0.4, -0.2) is 52.3 Å². The molecule has 8 heteroatoms. The van der Waals surface area contributed by atoms with Crippen LogP contribution in [0.15, 0.2) is 0 Å². The molecule has 0 N–H and O–H groups in total. The summed E-state index contributed by atoms with van der Waals surface area (Å²) in [6.45, 7) is 22.0. The molecule has 0 aliphatic heterocycles. The highest BCUT2D eigenvalue weighted by molar-refractivity contribution is 5.70. The van der Waals surface area contributed by atoms with Gasteiger partial charge in [0.15, 0.2) is 0 Å². The van der Waals surface area contributed by atoms with Crippen molar-refractivity contribution in [3.05, 3.63) is 0 Å². The predicted octanol–water partition coefficient (Wildman–Crippen LogP) is 23.8. The Hall–Kier alpha value is -2.12. The van der Waals surface area contributed by atoms with Gasteiger partial charge in [0.1, 0.15) is 0 Å². The van der Waals surface area contributed by atoms with Crippen molar-refractivity contribution in [3.8, 4) is 0 Å². The summed E-state index contributed by atoms with van der Waals surface area (Å²) in [7, 11) is 6.04. The van der Waals surface area contributed by atoms with Gasteiger partial charge in [0.2, 0.25) is 0 Å². The van der Waals surface area contributed by atoms with Gasteiger partial charge in [-0.15, -0.1) is 0 Å². The second-order valence-electron chi connectivity index (χ2n) is 34.4. The van der Waals surface area contributed by atoms with Gasteiger partial charge in [-0.2, -0.15) is 0 Å². The number of esters is 4. The molecule has 0 bridgehead atoms. The van der Waals surface area contributed by atoms with Gasteiger partial charge in [-0.05, 0) is 227 Å². The topological polar surface area (TPSA) is 105 Å². The molecule has 0 saturated heterocycles. The van der Waals surface area contributed by atoms with Crippen LogP contribution in [0, 0.1) is 124 Å². The number of unbranched alkanes of at least 4 members (excludes halogenated alkanes) is 3. The van der Waals surface area contributed by atoms with Gasteiger partial charge in [0.05, 0.1) is 28.4 Å². The van der Waals surface area contributed by atoms with E-state index in [1.54, 1.807) is 0 Å². The van der Waals surface area contributed by atoms with Crippen LogP contribution < -0.4 is 0 Å². The lowest BCUT2D eigenvalue weighted by Crippen LogP contribution is -2.13. The van der Waals surface area contributed by atoms with Crippen molar-refractivity contribution in [2.75, 3.05) is 28.4 Å². The van der Waals surface area contributed by atoms with Crippen LogP contribution in [0.5, 0.6) is 0 Å². The average Bonchev–Trinajstić information content (AvgIpc) is 2.40. The van der Waals surface area contributed by atoms with Crippen LogP contribution in [0.4, 0.5) is 0 Å². The van der Waals surface area contributed by atoms with E-state index in [1.807, 2.05) is 0 Å². The molecule has 0 amide bonds. The molecule has 6 fully saturated rings. The number of ether oxygens (including phenoxy) is 4. The summed E-state index contributed by atoms with van der Waals surface area (Å²) in [5.74, 6) is 17.3. The lowest BCUT2D eigenvalue weighted by molar-refractivity contribution is -0.142. The monoisotopic (exact) mass is 1290 g/mol. The van der Waals surface area contributed by atoms with E-state index in [1.165, 1.54) is 285 Å². The minimum Gasteiger partial charge on any atom is -0.469 e. The quantitative estimate of drug-likeness (QED) is 0.0337. The van der Waals surface area contributed by atoms with Crippen LogP contribution in [0.2, 0.25) is 0 Å². The number of carbonyl (C=O) groups excluding carboxylic acids is 4. The molecular formula is C84H152O8. The Morgan fingerprint density at radius 2 is 0.630 bits per heavy atom. The first-order valence-electron chi connectivity index (χ1n) is 40.6. The summed E-state index contributed by atoms with van der Waals surface area (Å²) >= 11 is 0.